The summed E-state index contributed by atoms with van der Waals surface area (Å²) in [5, 5.41) is 5.93. The van der Waals surface area contributed by atoms with Gasteiger partial charge in [-0.05, 0) is 48.0 Å². The Hall–Kier alpha value is -0.900. The van der Waals surface area contributed by atoms with Crippen LogP contribution in [0.25, 0.3) is 0 Å². The van der Waals surface area contributed by atoms with Gasteiger partial charge in [-0.2, -0.15) is 0 Å². The van der Waals surface area contributed by atoms with Crippen molar-refractivity contribution in [3.05, 3.63) is 0 Å². The fourth-order valence-corrected chi connectivity index (χ4v) is 1.64. The van der Waals surface area contributed by atoms with E-state index in [4.69, 9.17) is 0 Å². The van der Waals surface area contributed by atoms with E-state index in [1.165, 1.54) is 0 Å². The molecule has 0 aromatic carbocycles. The van der Waals surface area contributed by atoms with Gasteiger partial charge in [0.05, 0.1) is 6.04 Å². The number of carbonyl (C=O) groups is 2. The molecule has 0 aromatic heterocycles. The van der Waals surface area contributed by atoms with Crippen molar-refractivity contribution >= 4 is 11.7 Å². The predicted molar refractivity (Wildman–Crippen MR) is 74.5 cm³/mol. The highest BCUT2D eigenvalue weighted by atomic mass is 16.2. The Morgan fingerprint density at radius 3 is 1.83 bits per heavy atom. The molecule has 0 aliphatic rings. The maximum absolute atomic E-state index is 12.1. The Balaban J connectivity index is 4.71. The topological polar surface area (TPSA) is 58.2 Å². The summed E-state index contributed by atoms with van der Waals surface area (Å²) in [6.07, 6.45) is 1.54. The number of nitrogens with one attached hydrogen (secondary N) is 2. The highest BCUT2D eigenvalue weighted by Crippen LogP contribution is 2.08. The number of amides is 1. The number of Topliss-reactive ketones (excluding diaryl/α,β-unsaturated/α-hetero) is 1. The SMILES string of the molecule is CCCC(NC(C)(C)C)C(=O)C(=O)NC(C)(C)C. The zero-order valence-corrected chi connectivity index (χ0v) is 12.8. The molecule has 0 rings (SSSR count). The van der Waals surface area contributed by atoms with Gasteiger partial charge in [-0.1, -0.05) is 13.3 Å². The standard InChI is InChI=1S/C14H28N2O2/c1-8-9-10(15-13(2,3)4)11(17)12(18)16-14(5,6)7/h10,15H,8-9H2,1-7H3,(H,16,18). The second kappa shape index (κ2) is 6.32. The van der Waals surface area contributed by atoms with Gasteiger partial charge in [0.15, 0.2) is 0 Å². The molecule has 0 heterocycles. The molecule has 0 spiro atoms. The molecule has 1 amide bonds. The van der Waals surface area contributed by atoms with E-state index in [1.54, 1.807) is 0 Å². The molecular formula is C14H28N2O2. The van der Waals surface area contributed by atoms with Crippen LogP contribution in [0.15, 0.2) is 0 Å². The first-order chi connectivity index (χ1) is 7.96. The van der Waals surface area contributed by atoms with Crippen LogP contribution >= 0.6 is 0 Å². The minimum atomic E-state index is -0.502. The van der Waals surface area contributed by atoms with Crippen LogP contribution in [0.3, 0.4) is 0 Å². The van der Waals surface area contributed by atoms with Gasteiger partial charge in [-0.25, -0.2) is 0 Å². The zero-order chi connectivity index (χ0) is 14.6. The normalized spacial score (nSPS) is 14.2. The van der Waals surface area contributed by atoms with Gasteiger partial charge < -0.3 is 10.6 Å². The molecule has 1 unspecified atom stereocenters. The van der Waals surface area contributed by atoms with Gasteiger partial charge in [0.2, 0.25) is 5.78 Å². The van der Waals surface area contributed by atoms with Crippen LogP contribution in [-0.4, -0.2) is 28.8 Å². The lowest BCUT2D eigenvalue weighted by Crippen LogP contribution is -2.54. The summed E-state index contributed by atoms with van der Waals surface area (Å²) in [5.74, 6) is -0.876. The first kappa shape index (κ1) is 17.1. The average Bonchev–Trinajstić information content (AvgIpc) is 2.11. The summed E-state index contributed by atoms with van der Waals surface area (Å²) >= 11 is 0. The van der Waals surface area contributed by atoms with Crippen LogP contribution in [-0.2, 0) is 9.59 Å². The number of hydrogen-bond donors (Lipinski definition) is 2. The molecule has 106 valence electrons. The second-order valence-electron chi connectivity index (χ2n) is 6.80. The summed E-state index contributed by atoms with van der Waals surface area (Å²) in [7, 11) is 0. The quantitative estimate of drug-likeness (QED) is 0.740. The Morgan fingerprint density at radius 2 is 1.50 bits per heavy atom. The highest BCUT2D eigenvalue weighted by Gasteiger charge is 2.29. The van der Waals surface area contributed by atoms with Crippen LogP contribution < -0.4 is 10.6 Å². The molecular weight excluding hydrogens is 228 g/mol. The summed E-state index contributed by atoms with van der Waals surface area (Å²) < 4.78 is 0. The van der Waals surface area contributed by atoms with Crippen molar-refractivity contribution in [3.63, 3.8) is 0 Å². The van der Waals surface area contributed by atoms with Crippen LogP contribution in [0.4, 0.5) is 0 Å². The van der Waals surface area contributed by atoms with Crippen molar-refractivity contribution in [2.45, 2.75) is 78.4 Å². The Kier molecular flexibility index (Phi) is 6.00. The van der Waals surface area contributed by atoms with Crippen molar-refractivity contribution in [1.82, 2.24) is 10.6 Å². The van der Waals surface area contributed by atoms with Crippen LogP contribution in [0, 0.1) is 0 Å². The summed E-state index contributed by atoms with van der Waals surface area (Å²) in [4.78, 5) is 24.0. The molecule has 0 aliphatic heterocycles. The van der Waals surface area contributed by atoms with E-state index in [1.807, 2.05) is 48.5 Å². The lowest BCUT2D eigenvalue weighted by Gasteiger charge is -2.28. The average molecular weight is 256 g/mol. The monoisotopic (exact) mass is 256 g/mol. The van der Waals surface area contributed by atoms with Crippen molar-refractivity contribution < 1.29 is 9.59 Å². The van der Waals surface area contributed by atoms with Crippen molar-refractivity contribution in [2.75, 3.05) is 0 Å². The molecule has 1 atom stereocenters. The number of ketones is 1. The lowest BCUT2D eigenvalue weighted by molar-refractivity contribution is -0.140. The Labute approximate surface area is 111 Å². The minimum Gasteiger partial charge on any atom is -0.345 e. The van der Waals surface area contributed by atoms with Gasteiger partial charge in [0.25, 0.3) is 5.91 Å². The predicted octanol–water partition coefficient (Wildman–Crippen LogP) is 2.03. The third-order valence-electron chi connectivity index (χ3n) is 2.21. The maximum Gasteiger partial charge on any atom is 0.289 e. The summed E-state index contributed by atoms with van der Waals surface area (Å²) in [6, 6.07) is -0.405. The maximum atomic E-state index is 12.1. The van der Waals surface area contributed by atoms with Gasteiger partial charge in [-0.15, -0.1) is 0 Å². The van der Waals surface area contributed by atoms with Gasteiger partial charge in [0, 0.05) is 11.1 Å². The van der Waals surface area contributed by atoms with Crippen molar-refractivity contribution in [2.24, 2.45) is 0 Å². The van der Waals surface area contributed by atoms with Gasteiger partial charge in [0.1, 0.15) is 0 Å². The number of hydrogen-bond acceptors (Lipinski definition) is 3. The summed E-state index contributed by atoms with van der Waals surface area (Å²) in [6.45, 7) is 13.6. The molecule has 0 saturated heterocycles. The van der Waals surface area contributed by atoms with E-state index in [0.29, 0.717) is 6.42 Å². The van der Waals surface area contributed by atoms with E-state index < -0.39 is 11.9 Å². The molecule has 18 heavy (non-hydrogen) atoms. The highest BCUT2D eigenvalue weighted by molar-refractivity contribution is 6.38. The molecule has 0 aromatic rings. The van der Waals surface area contributed by atoms with E-state index in [0.717, 1.165) is 6.42 Å². The molecule has 0 fully saturated rings. The van der Waals surface area contributed by atoms with Gasteiger partial charge >= 0.3 is 0 Å². The zero-order valence-electron chi connectivity index (χ0n) is 12.8. The van der Waals surface area contributed by atoms with E-state index >= 15 is 0 Å². The van der Waals surface area contributed by atoms with E-state index in [2.05, 4.69) is 10.6 Å². The summed E-state index contributed by atoms with van der Waals surface area (Å²) in [5.41, 5.74) is -0.567. The molecule has 4 heteroatoms. The van der Waals surface area contributed by atoms with Crippen LogP contribution in [0.5, 0.6) is 0 Å². The smallest absolute Gasteiger partial charge is 0.289 e. The third-order valence-corrected chi connectivity index (χ3v) is 2.21. The number of rotatable bonds is 5. The van der Waals surface area contributed by atoms with Crippen molar-refractivity contribution in [1.29, 1.82) is 0 Å². The Morgan fingerprint density at radius 1 is 1.00 bits per heavy atom. The number of carbonyl (C=O) groups excluding carboxylic acids is 2. The lowest BCUT2D eigenvalue weighted by atomic mass is 10.00. The molecule has 4 nitrogen and oxygen atoms in total. The molecule has 0 aliphatic carbocycles. The molecule has 0 radical (unpaired) electrons. The molecule has 0 bridgehead atoms. The van der Waals surface area contributed by atoms with Crippen LogP contribution in [0.2, 0.25) is 0 Å². The third kappa shape index (κ3) is 7.43. The fourth-order valence-electron chi connectivity index (χ4n) is 1.64. The van der Waals surface area contributed by atoms with Crippen molar-refractivity contribution in [3.8, 4) is 0 Å². The molecule has 0 saturated carbocycles. The fraction of sp³-hybridized carbons (Fsp3) is 0.857. The largest absolute Gasteiger partial charge is 0.345 e. The first-order valence-corrected chi connectivity index (χ1v) is 6.60. The van der Waals surface area contributed by atoms with E-state index in [9.17, 15) is 9.59 Å². The minimum absolute atomic E-state index is 0.183. The van der Waals surface area contributed by atoms with Crippen LogP contribution in [0.1, 0.15) is 61.3 Å². The molecule has 2 N–H and O–H groups in total. The second-order valence-corrected chi connectivity index (χ2v) is 6.80. The first-order valence-electron chi connectivity index (χ1n) is 6.60. The van der Waals surface area contributed by atoms with Gasteiger partial charge in [-0.3, -0.25) is 9.59 Å². The van der Waals surface area contributed by atoms with E-state index in [-0.39, 0.29) is 16.9 Å². The Bertz CT molecular complexity index is 298.